The third-order valence-electron chi connectivity index (χ3n) is 2.58. The van der Waals surface area contributed by atoms with E-state index in [-0.39, 0.29) is 0 Å². The van der Waals surface area contributed by atoms with Crippen LogP contribution in [0, 0.1) is 12.3 Å². The van der Waals surface area contributed by atoms with Crippen molar-refractivity contribution in [2.24, 2.45) is 0 Å². The van der Waals surface area contributed by atoms with Crippen LogP contribution >= 0.6 is 0 Å². The highest BCUT2D eigenvalue weighted by molar-refractivity contribution is 5.03. The third-order valence-corrected chi connectivity index (χ3v) is 2.58. The Balaban J connectivity index is 3.18. The molecule has 0 aliphatic heterocycles. The highest BCUT2D eigenvalue weighted by Gasteiger charge is 2.14. The Kier molecular flexibility index (Phi) is 7.61. The van der Waals surface area contributed by atoms with E-state index in [2.05, 4.69) is 12.8 Å². The molecule has 0 aromatic carbocycles. The fourth-order valence-corrected chi connectivity index (χ4v) is 1.50. The zero-order valence-electron chi connectivity index (χ0n) is 9.68. The van der Waals surface area contributed by atoms with Crippen LogP contribution in [0.25, 0.3) is 0 Å². The minimum atomic E-state index is -0.885. The van der Waals surface area contributed by atoms with Crippen molar-refractivity contribution in [1.29, 1.82) is 0 Å². The minimum Gasteiger partial charge on any atom is -0.378 e. The standard InChI is InChI=1S/C13H24O/c1-4-6-7-8-9-10-11-12-13(3,14)5-2/h2,14H,4,6-12H2,1,3H3/t13-/m0/s1. The molecule has 0 saturated carbocycles. The Labute approximate surface area is 88.9 Å². The Morgan fingerprint density at radius 1 is 1.07 bits per heavy atom. The molecular formula is C13H24O. The van der Waals surface area contributed by atoms with Crippen LogP contribution in [0.15, 0.2) is 0 Å². The Hall–Kier alpha value is -0.480. The minimum absolute atomic E-state index is 0.733. The number of aliphatic hydroxyl groups is 1. The molecule has 1 nitrogen and oxygen atoms in total. The van der Waals surface area contributed by atoms with Crippen LogP contribution in [0.5, 0.6) is 0 Å². The zero-order valence-corrected chi connectivity index (χ0v) is 9.68. The van der Waals surface area contributed by atoms with E-state index < -0.39 is 5.60 Å². The van der Waals surface area contributed by atoms with Crippen molar-refractivity contribution in [3.05, 3.63) is 0 Å². The normalized spacial score (nSPS) is 14.7. The maximum Gasteiger partial charge on any atom is 0.122 e. The molecule has 0 unspecified atom stereocenters. The van der Waals surface area contributed by atoms with Gasteiger partial charge in [0.05, 0.1) is 0 Å². The second kappa shape index (κ2) is 7.88. The molecule has 0 amide bonds. The van der Waals surface area contributed by atoms with Gasteiger partial charge in [0, 0.05) is 0 Å². The first-order valence-electron chi connectivity index (χ1n) is 5.82. The van der Waals surface area contributed by atoms with Crippen molar-refractivity contribution in [3.8, 4) is 12.3 Å². The van der Waals surface area contributed by atoms with E-state index in [1.54, 1.807) is 6.92 Å². The van der Waals surface area contributed by atoms with Crippen LogP contribution in [0.2, 0.25) is 0 Å². The fraction of sp³-hybridized carbons (Fsp3) is 0.846. The average molecular weight is 196 g/mol. The van der Waals surface area contributed by atoms with Gasteiger partial charge in [0.1, 0.15) is 5.60 Å². The second-order valence-corrected chi connectivity index (χ2v) is 4.29. The molecule has 0 heterocycles. The molecule has 0 aromatic rings. The molecule has 0 aliphatic carbocycles. The van der Waals surface area contributed by atoms with Gasteiger partial charge in [0.25, 0.3) is 0 Å². The van der Waals surface area contributed by atoms with Crippen molar-refractivity contribution in [1.82, 2.24) is 0 Å². The number of rotatable bonds is 8. The molecule has 0 saturated heterocycles. The SMILES string of the molecule is C#C[C@](C)(O)CCCCCCCCC. The topological polar surface area (TPSA) is 20.2 Å². The number of hydrogen-bond donors (Lipinski definition) is 1. The van der Waals surface area contributed by atoms with Crippen molar-refractivity contribution in [2.45, 2.75) is 70.8 Å². The van der Waals surface area contributed by atoms with Crippen LogP contribution in [-0.4, -0.2) is 10.7 Å². The smallest absolute Gasteiger partial charge is 0.122 e. The van der Waals surface area contributed by atoms with Gasteiger partial charge in [-0.15, -0.1) is 6.42 Å². The maximum absolute atomic E-state index is 9.53. The van der Waals surface area contributed by atoms with Crippen molar-refractivity contribution in [3.63, 3.8) is 0 Å². The predicted molar refractivity (Wildman–Crippen MR) is 62.1 cm³/mol. The highest BCUT2D eigenvalue weighted by Crippen LogP contribution is 2.14. The van der Waals surface area contributed by atoms with E-state index in [1.165, 1.54) is 38.5 Å². The lowest BCUT2D eigenvalue weighted by Crippen LogP contribution is -2.20. The summed E-state index contributed by atoms with van der Waals surface area (Å²) < 4.78 is 0. The zero-order chi connectivity index (χ0) is 10.9. The van der Waals surface area contributed by atoms with E-state index in [0.717, 1.165) is 12.8 Å². The summed E-state index contributed by atoms with van der Waals surface area (Å²) in [5.41, 5.74) is -0.885. The van der Waals surface area contributed by atoms with Gasteiger partial charge in [0.15, 0.2) is 0 Å². The fourth-order valence-electron chi connectivity index (χ4n) is 1.50. The molecule has 0 rings (SSSR count). The van der Waals surface area contributed by atoms with Gasteiger partial charge in [-0.05, 0) is 19.8 Å². The summed E-state index contributed by atoms with van der Waals surface area (Å²) >= 11 is 0. The lowest BCUT2D eigenvalue weighted by Gasteiger charge is -2.15. The lowest BCUT2D eigenvalue weighted by molar-refractivity contribution is 0.109. The van der Waals surface area contributed by atoms with Gasteiger partial charge < -0.3 is 5.11 Å². The van der Waals surface area contributed by atoms with Crippen LogP contribution in [-0.2, 0) is 0 Å². The van der Waals surface area contributed by atoms with Gasteiger partial charge in [-0.25, -0.2) is 0 Å². The first-order valence-corrected chi connectivity index (χ1v) is 5.82. The van der Waals surface area contributed by atoms with Crippen molar-refractivity contribution < 1.29 is 5.11 Å². The molecule has 1 heteroatoms. The first-order chi connectivity index (χ1) is 6.62. The van der Waals surface area contributed by atoms with Crippen molar-refractivity contribution in [2.75, 3.05) is 0 Å². The predicted octanol–water partition coefficient (Wildman–Crippen LogP) is 3.51. The summed E-state index contributed by atoms with van der Waals surface area (Å²) in [5.74, 6) is 2.41. The van der Waals surface area contributed by atoms with Crippen LogP contribution < -0.4 is 0 Å². The summed E-state index contributed by atoms with van der Waals surface area (Å²) in [5, 5.41) is 9.53. The average Bonchev–Trinajstić information content (AvgIpc) is 2.16. The molecule has 0 aliphatic rings. The molecule has 1 N–H and O–H groups in total. The molecule has 1 atom stereocenters. The molecule has 82 valence electrons. The third kappa shape index (κ3) is 8.13. The monoisotopic (exact) mass is 196 g/mol. The van der Waals surface area contributed by atoms with Crippen molar-refractivity contribution >= 4 is 0 Å². The summed E-state index contributed by atoms with van der Waals surface area (Å²) in [6.07, 6.45) is 14.8. The van der Waals surface area contributed by atoms with Gasteiger partial charge in [-0.2, -0.15) is 0 Å². The maximum atomic E-state index is 9.53. The van der Waals surface area contributed by atoms with Gasteiger partial charge in [-0.1, -0.05) is 51.4 Å². The molecule has 0 spiro atoms. The van der Waals surface area contributed by atoms with Gasteiger partial charge in [0.2, 0.25) is 0 Å². The highest BCUT2D eigenvalue weighted by atomic mass is 16.3. The second-order valence-electron chi connectivity index (χ2n) is 4.29. The summed E-state index contributed by atoms with van der Waals surface area (Å²) in [7, 11) is 0. The molecular weight excluding hydrogens is 172 g/mol. The Bertz CT molecular complexity index is 165. The Morgan fingerprint density at radius 3 is 2.07 bits per heavy atom. The van der Waals surface area contributed by atoms with E-state index in [0.29, 0.717) is 0 Å². The number of unbranched alkanes of at least 4 members (excludes halogenated alkanes) is 6. The number of hydrogen-bond acceptors (Lipinski definition) is 1. The molecule has 0 aromatic heterocycles. The number of terminal acetylenes is 1. The quantitative estimate of drug-likeness (QED) is 0.465. The molecule has 14 heavy (non-hydrogen) atoms. The lowest BCUT2D eigenvalue weighted by atomic mass is 9.98. The molecule has 0 bridgehead atoms. The summed E-state index contributed by atoms with van der Waals surface area (Å²) in [4.78, 5) is 0. The van der Waals surface area contributed by atoms with E-state index in [1.807, 2.05) is 0 Å². The van der Waals surface area contributed by atoms with E-state index >= 15 is 0 Å². The summed E-state index contributed by atoms with van der Waals surface area (Å²) in [6, 6.07) is 0. The van der Waals surface area contributed by atoms with Gasteiger partial charge in [-0.3, -0.25) is 0 Å². The molecule has 0 fully saturated rings. The largest absolute Gasteiger partial charge is 0.378 e. The summed E-state index contributed by atoms with van der Waals surface area (Å²) in [6.45, 7) is 3.94. The van der Waals surface area contributed by atoms with Gasteiger partial charge >= 0.3 is 0 Å². The van der Waals surface area contributed by atoms with Crippen LogP contribution in [0.1, 0.15) is 65.2 Å². The first kappa shape index (κ1) is 13.5. The van der Waals surface area contributed by atoms with Crippen LogP contribution in [0.4, 0.5) is 0 Å². The van der Waals surface area contributed by atoms with Crippen LogP contribution in [0.3, 0.4) is 0 Å². The van der Waals surface area contributed by atoms with E-state index in [9.17, 15) is 5.11 Å². The van der Waals surface area contributed by atoms with E-state index in [4.69, 9.17) is 6.42 Å². The Morgan fingerprint density at radius 2 is 1.57 bits per heavy atom. The molecule has 0 radical (unpaired) electrons.